The van der Waals surface area contributed by atoms with E-state index in [0.29, 0.717) is 12.1 Å². The Morgan fingerprint density at radius 1 is 0.613 bits per heavy atom. The maximum Gasteiger partial charge on any atom is 0.0352 e. The Morgan fingerprint density at radius 2 is 1.19 bits per heavy atom. The van der Waals surface area contributed by atoms with E-state index in [1.165, 1.54) is 89.9 Å². The van der Waals surface area contributed by atoms with E-state index in [4.69, 9.17) is 0 Å². The highest BCUT2D eigenvalue weighted by molar-refractivity contribution is 4.82. The van der Waals surface area contributed by atoms with Crippen molar-refractivity contribution in [2.45, 2.75) is 136 Å². The van der Waals surface area contributed by atoms with Crippen molar-refractivity contribution in [3.63, 3.8) is 0 Å². The van der Waals surface area contributed by atoms with Gasteiger partial charge in [-0.05, 0) is 65.1 Å². The zero-order chi connectivity index (χ0) is 22.8. The molecule has 0 aliphatic carbocycles. The fraction of sp³-hybridized carbons (Fsp3) is 0.857. The third-order valence-corrected chi connectivity index (χ3v) is 5.82. The molecule has 0 fully saturated rings. The molecule has 31 heavy (non-hydrogen) atoms. The van der Waals surface area contributed by atoms with Gasteiger partial charge in [0, 0.05) is 25.2 Å². The number of allylic oxidation sites excluding steroid dienone is 3. The Morgan fingerprint density at radius 3 is 1.81 bits per heavy atom. The standard InChI is InChI=1S/C28H57N3/c1-5-7-9-10-11-12-13-14-15-16-17-18-19-20-21-22-23-29-25-27(3)31-26-28(4)30-24-8-6-2/h8,14-15,24,27-31H,5-7,9-13,16-23,25-26H2,1-4H3/b15-14-,24-8?. The Balaban J connectivity index is 3.27. The van der Waals surface area contributed by atoms with Crippen molar-refractivity contribution in [3.05, 3.63) is 24.4 Å². The maximum atomic E-state index is 3.60. The average Bonchev–Trinajstić information content (AvgIpc) is 2.77. The van der Waals surface area contributed by atoms with Crippen molar-refractivity contribution in [2.75, 3.05) is 19.6 Å². The summed E-state index contributed by atoms with van der Waals surface area (Å²) in [4.78, 5) is 0. The Bertz CT molecular complexity index is 392. The summed E-state index contributed by atoms with van der Waals surface area (Å²) in [5, 5.41) is 10.6. The van der Waals surface area contributed by atoms with Gasteiger partial charge in [0.1, 0.15) is 0 Å². The summed E-state index contributed by atoms with van der Waals surface area (Å²) in [7, 11) is 0. The minimum atomic E-state index is 0.473. The molecule has 0 rings (SSSR count). The van der Waals surface area contributed by atoms with Crippen LogP contribution >= 0.6 is 0 Å². The number of nitrogens with one attached hydrogen (secondary N) is 3. The second-order valence-electron chi connectivity index (χ2n) is 9.33. The Labute approximate surface area is 196 Å². The minimum Gasteiger partial charge on any atom is -0.387 e. The highest BCUT2D eigenvalue weighted by Crippen LogP contribution is 2.09. The van der Waals surface area contributed by atoms with E-state index in [1.54, 1.807) is 0 Å². The smallest absolute Gasteiger partial charge is 0.0352 e. The Hall–Kier alpha value is -0.800. The summed E-state index contributed by atoms with van der Waals surface area (Å²) in [6.45, 7) is 12.2. The summed E-state index contributed by atoms with van der Waals surface area (Å²) in [6, 6.07) is 0.995. The van der Waals surface area contributed by atoms with Gasteiger partial charge in [0.25, 0.3) is 0 Å². The van der Waals surface area contributed by atoms with Gasteiger partial charge < -0.3 is 16.0 Å². The summed E-state index contributed by atoms with van der Waals surface area (Å²) in [5.41, 5.74) is 0. The number of rotatable bonds is 24. The molecular formula is C28H57N3. The predicted octanol–water partition coefficient (Wildman–Crippen LogP) is 7.49. The van der Waals surface area contributed by atoms with Gasteiger partial charge in [0.15, 0.2) is 0 Å². The van der Waals surface area contributed by atoms with E-state index < -0.39 is 0 Å². The largest absolute Gasteiger partial charge is 0.387 e. The SMILES string of the molecule is CCC=CNC(C)CNC(C)CNCCCCCCCC/C=C\CCCCCCCC. The van der Waals surface area contributed by atoms with E-state index in [1.807, 2.05) is 0 Å². The fourth-order valence-corrected chi connectivity index (χ4v) is 3.68. The van der Waals surface area contributed by atoms with Gasteiger partial charge in [-0.25, -0.2) is 0 Å². The van der Waals surface area contributed by atoms with Gasteiger partial charge in [-0.15, -0.1) is 0 Å². The second kappa shape index (κ2) is 25.5. The second-order valence-corrected chi connectivity index (χ2v) is 9.33. The summed E-state index contributed by atoms with van der Waals surface area (Å²) < 4.78 is 0. The number of hydrogen-bond donors (Lipinski definition) is 3. The first-order valence-corrected chi connectivity index (χ1v) is 13.7. The molecule has 0 heterocycles. The molecule has 0 radical (unpaired) electrons. The van der Waals surface area contributed by atoms with Crippen LogP contribution in [0.4, 0.5) is 0 Å². The van der Waals surface area contributed by atoms with Crippen molar-refractivity contribution < 1.29 is 0 Å². The lowest BCUT2D eigenvalue weighted by Crippen LogP contribution is -2.42. The van der Waals surface area contributed by atoms with Gasteiger partial charge in [-0.1, -0.05) is 89.9 Å². The van der Waals surface area contributed by atoms with Crippen LogP contribution in [0.1, 0.15) is 124 Å². The molecule has 0 amide bonds. The van der Waals surface area contributed by atoms with Crippen LogP contribution in [0.5, 0.6) is 0 Å². The molecule has 0 bridgehead atoms. The van der Waals surface area contributed by atoms with Crippen molar-refractivity contribution in [2.24, 2.45) is 0 Å². The van der Waals surface area contributed by atoms with Crippen LogP contribution in [0.15, 0.2) is 24.4 Å². The average molecular weight is 436 g/mol. The molecule has 0 aliphatic rings. The van der Waals surface area contributed by atoms with Crippen LogP contribution in [0.25, 0.3) is 0 Å². The van der Waals surface area contributed by atoms with Gasteiger partial charge in [-0.3, -0.25) is 0 Å². The topological polar surface area (TPSA) is 36.1 Å². The summed E-state index contributed by atoms with van der Waals surface area (Å²) in [6.07, 6.45) is 29.4. The zero-order valence-corrected chi connectivity index (χ0v) is 21.7. The molecule has 3 heteroatoms. The molecule has 2 unspecified atom stereocenters. The van der Waals surface area contributed by atoms with Crippen LogP contribution in [0.2, 0.25) is 0 Å². The lowest BCUT2D eigenvalue weighted by molar-refractivity contribution is 0.460. The van der Waals surface area contributed by atoms with E-state index in [2.05, 4.69) is 68.1 Å². The van der Waals surface area contributed by atoms with E-state index in [9.17, 15) is 0 Å². The minimum absolute atomic E-state index is 0.473. The van der Waals surface area contributed by atoms with Crippen LogP contribution in [-0.4, -0.2) is 31.7 Å². The molecule has 184 valence electrons. The van der Waals surface area contributed by atoms with Crippen LogP contribution < -0.4 is 16.0 Å². The monoisotopic (exact) mass is 435 g/mol. The number of hydrogen-bond acceptors (Lipinski definition) is 3. The van der Waals surface area contributed by atoms with Crippen LogP contribution in [0, 0.1) is 0 Å². The quantitative estimate of drug-likeness (QED) is 0.108. The molecule has 0 aromatic heterocycles. The molecule has 0 aromatic rings. The molecule has 2 atom stereocenters. The molecular weight excluding hydrogens is 378 g/mol. The molecule has 3 N–H and O–H groups in total. The summed E-state index contributed by atoms with van der Waals surface area (Å²) >= 11 is 0. The zero-order valence-electron chi connectivity index (χ0n) is 21.7. The van der Waals surface area contributed by atoms with Gasteiger partial charge in [0.2, 0.25) is 0 Å². The van der Waals surface area contributed by atoms with Gasteiger partial charge >= 0.3 is 0 Å². The third kappa shape index (κ3) is 25.3. The highest BCUT2D eigenvalue weighted by atomic mass is 15.0. The van der Waals surface area contributed by atoms with Crippen LogP contribution in [-0.2, 0) is 0 Å². The van der Waals surface area contributed by atoms with Crippen molar-refractivity contribution >= 4 is 0 Å². The first-order valence-electron chi connectivity index (χ1n) is 13.7. The van der Waals surface area contributed by atoms with Crippen molar-refractivity contribution in [3.8, 4) is 0 Å². The fourth-order valence-electron chi connectivity index (χ4n) is 3.68. The first-order chi connectivity index (χ1) is 15.2. The lowest BCUT2D eigenvalue weighted by atomic mass is 10.1. The van der Waals surface area contributed by atoms with E-state index >= 15 is 0 Å². The third-order valence-electron chi connectivity index (χ3n) is 5.82. The highest BCUT2D eigenvalue weighted by Gasteiger charge is 2.03. The molecule has 0 aliphatic heterocycles. The first kappa shape index (κ1) is 30.2. The van der Waals surface area contributed by atoms with Gasteiger partial charge in [-0.2, -0.15) is 0 Å². The van der Waals surface area contributed by atoms with E-state index in [0.717, 1.165) is 26.1 Å². The Kier molecular flexibility index (Phi) is 24.8. The normalized spacial score (nSPS) is 13.9. The van der Waals surface area contributed by atoms with Crippen molar-refractivity contribution in [1.29, 1.82) is 0 Å². The van der Waals surface area contributed by atoms with Crippen LogP contribution in [0.3, 0.4) is 0 Å². The maximum absolute atomic E-state index is 3.60. The number of unbranched alkanes of at least 4 members (excludes halogenated alkanes) is 12. The van der Waals surface area contributed by atoms with Gasteiger partial charge in [0.05, 0.1) is 0 Å². The molecule has 0 saturated carbocycles. The molecule has 0 saturated heterocycles. The lowest BCUT2D eigenvalue weighted by Gasteiger charge is -2.18. The molecule has 0 spiro atoms. The predicted molar refractivity (Wildman–Crippen MR) is 142 cm³/mol. The molecule has 3 nitrogen and oxygen atoms in total. The van der Waals surface area contributed by atoms with E-state index in [-0.39, 0.29) is 0 Å². The molecule has 0 aromatic carbocycles. The van der Waals surface area contributed by atoms with Crippen molar-refractivity contribution in [1.82, 2.24) is 16.0 Å². The summed E-state index contributed by atoms with van der Waals surface area (Å²) in [5.74, 6) is 0.